The van der Waals surface area contributed by atoms with Gasteiger partial charge in [-0.2, -0.15) is 0 Å². The number of nitrogen functional groups attached to an aromatic ring is 1. The molecule has 11 heteroatoms. The lowest BCUT2D eigenvalue weighted by atomic mass is 10.1. The highest BCUT2D eigenvalue weighted by molar-refractivity contribution is 5.81. The minimum absolute atomic E-state index is 0.205. The van der Waals surface area contributed by atoms with E-state index in [0.717, 1.165) is 0 Å². The monoisotopic (exact) mass is 292 g/mol. The second kappa shape index (κ2) is 5.14. The number of aliphatic hydroxyl groups excluding tert-OH is 2. The van der Waals surface area contributed by atoms with Crippen LogP contribution in [0.4, 0.5) is 5.82 Å². The van der Waals surface area contributed by atoms with Crippen molar-refractivity contribution in [2.24, 2.45) is 5.11 Å². The molecule has 1 saturated heterocycles. The van der Waals surface area contributed by atoms with Crippen molar-refractivity contribution in [3.05, 3.63) is 23.1 Å². The topological polar surface area (TPSA) is 168 Å². The Balaban J connectivity index is 2.08. The minimum Gasteiger partial charge on any atom is -0.394 e. The van der Waals surface area contributed by atoms with E-state index in [1.165, 1.54) is 17.2 Å². The van der Waals surface area contributed by atoms with Crippen LogP contribution >= 0.6 is 0 Å². The van der Waals surface area contributed by atoms with Gasteiger partial charge in [0.25, 0.3) is 0 Å². The first kappa shape index (κ1) is 13.5. The van der Waals surface area contributed by atoms with Crippen LogP contribution in [0.5, 0.6) is 0 Å². The highest BCUT2D eigenvalue weighted by Gasteiger charge is 2.44. The van der Waals surface area contributed by atoms with Crippen LogP contribution in [0.15, 0.2) is 17.8 Å². The number of nitrogens with two attached hydrogens (primary N) is 1. The van der Waals surface area contributed by atoms with Crippen LogP contribution in [0.1, 0.15) is 6.23 Å². The lowest BCUT2D eigenvalue weighted by Crippen LogP contribution is -2.31. The standard InChI is InChI=1S/C10H12N8O3/c11-8-6-9(14-2-13-8)18(3-15-6)10-5(16-17-12)7(20)4(1-19)21-10/h2-5,7,10,19-20H,1H2,(H2,11,13,14)/t4-,5-,7+,10+/m0/s1. The molecule has 0 aliphatic carbocycles. The van der Waals surface area contributed by atoms with Crippen LogP contribution in [0.2, 0.25) is 0 Å². The smallest absolute Gasteiger partial charge is 0.167 e. The van der Waals surface area contributed by atoms with Gasteiger partial charge in [0.05, 0.1) is 19.0 Å². The Bertz CT molecular complexity index is 711. The van der Waals surface area contributed by atoms with Crippen LogP contribution in [-0.2, 0) is 4.74 Å². The van der Waals surface area contributed by atoms with E-state index in [-0.39, 0.29) is 5.82 Å². The third-order valence-electron chi connectivity index (χ3n) is 3.36. The quantitative estimate of drug-likeness (QED) is 0.383. The summed E-state index contributed by atoms with van der Waals surface area (Å²) in [5.41, 5.74) is 15.1. The van der Waals surface area contributed by atoms with Gasteiger partial charge in [-0.15, -0.1) is 0 Å². The molecule has 1 fully saturated rings. The van der Waals surface area contributed by atoms with Crippen molar-refractivity contribution in [2.75, 3.05) is 12.3 Å². The van der Waals surface area contributed by atoms with Gasteiger partial charge in [-0.3, -0.25) is 4.57 Å². The maximum atomic E-state index is 10.0. The van der Waals surface area contributed by atoms with Gasteiger partial charge in [0.2, 0.25) is 0 Å². The molecule has 0 bridgehead atoms. The Kier molecular flexibility index (Phi) is 3.31. The fraction of sp³-hybridized carbons (Fsp3) is 0.500. The van der Waals surface area contributed by atoms with E-state index in [4.69, 9.17) is 16.0 Å². The predicted octanol–water partition coefficient (Wildman–Crippen LogP) is -0.662. The molecule has 0 radical (unpaired) electrons. The maximum Gasteiger partial charge on any atom is 0.167 e. The zero-order valence-electron chi connectivity index (χ0n) is 10.7. The second-order valence-electron chi connectivity index (χ2n) is 4.52. The lowest BCUT2D eigenvalue weighted by molar-refractivity contribution is -0.0437. The van der Waals surface area contributed by atoms with E-state index >= 15 is 0 Å². The zero-order chi connectivity index (χ0) is 15.0. The Hall–Kier alpha value is -2.46. The van der Waals surface area contributed by atoms with Crippen LogP contribution in [0.25, 0.3) is 21.6 Å². The van der Waals surface area contributed by atoms with Crippen LogP contribution in [-0.4, -0.2) is 54.6 Å². The molecule has 0 aromatic carbocycles. The minimum atomic E-state index is -1.13. The highest BCUT2D eigenvalue weighted by Crippen LogP contribution is 2.33. The summed E-state index contributed by atoms with van der Waals surface area (Å²) in [5.74, 6) is 0.205. The first-order valence-corrected chi connectivity index (χ1v) is 6.09. The first-order valence-electron chi connectivity index (χ1n) is 6.09. The van der Waals surface area contributed by atoms with E-state index in [1.54, 1.807) is 0 Å². The zero-order valence-corrected chi connectivity index (χ0v) is 10.7. The molecule has 3 heterocycles. The predicted molar refractivity (Wildman–Crippen MR) is 69.7 cm³/mol. The second-order valence-corrected chi connectivity index (χ2v) is 4.52. The van der Waals surface area contributed by atoms with Gasteiger partial charge in [-0.25, -0.2) is 15.0 Å². The number of anilines is 1. The molecule has 4 atom stereocenters. The largest absolute Gasteiger partial charge is 0.394 e. The van der Waals surface area contributed by atoms with Gasteiger partial charge in [-0.05, 0) is 5.53 Å². The van der Waals surface area contributed by atoms with Crippen LogP contribution < -0.4 is 5.73 Å². The number of azide groups is 1. The number of hydrogen-bond acceptors (Lipinski definition) is 8. The normalized spacial score (nSPS) is 28.7. The van der Waals surface area contributed by atoms with Gasteiger partial charge >= 0.3 is 0 Å². The Morgan fingerprint density at radius 3 is 3.00 bits per heavy atom. The van der Waals surface area contributed by atoms with Crippen LogP contribution in [0, 0.1) is 0 Å². The van der Waals surface area contributed by atoms with Crippen molar-refractivity contribution in [1.82, 2.24) is 19.5 Å². The van der Waals surface area contributed by atoms with Crippen molar-refractivity contribution in [3.8, 4) is 0 Å². The lowest BCUT2D eigenvalue weighted by Gasteiger charge is -2.16. The molecule has 3 rings (SSSR count). The SMILES string of the molecule is [N-]=[N+]=N[C@H]1[C@H](O)[C@H](CO)O[C@H]1n1cnc2c(N)ncnc21. The number of imidazole rings is 1. The summed E-state index contributed by atoms with van der Waals surface area (Å²) in [6, 6.07) is -0.916. The summed E-state index contributed by atoms with van der Waals surface area (Å²) in [6.45, 7) is -0.404. The molecule has 110 valence electrons. The molecule has 1 aliphatic rings. The van der Waals surface area contributed by atoms with Gasteiger partial charge < -0.3 is 20.7 Å². The molecule has 4 N–H and O–H groups in total. The number of hydrogen-bond donors (Lipinski definition) is 3. The number of nitrogens with zero attached hydrogens (tertiary/aromatic N) is 7. The molecule has 11 nitrogen and oxygen atoms in total. The fourth-order valence-electron chi connectivity index (χ4n) is 2.35. The molecule has 2 aromatic rings. The van der Waals surface area contributed by atoms with Crippen molar-refractivity contribution in [1.29, 1.82) is 0 Å². The summed E-state index contributed by atoms with van der Waals surface area (Å²) < 4.78 is 7.03. The van der Waals surface area contributed by atoms with E-state index in [2.05, 4.69) is 25.0 Å². The average Bonchev–Trinajstić information content (AvgIpc) is 3.03. The number of aliphatic hydroxyl groups is 2. The molecular weight excluding hydrogens is 280 g/mol. The molecule has 0 spiro atoms. The summed E-state index contributed by atoms with van der Waals surface area (Å²) >= 11 is 0. The number of fused-ring (bicyclic) bond motifs is 1. The molecule has 0 amide bonds. The molecular formula is C10H12N8O3. The van der Waals surface area contributed by atoms with Gasteiger partial charge in [0.15, 0.2) is 11.5 Å². The van der Waals surface area contributed by atoms with Crippen LogP contribution in [0.3, 0.4) is 0 Å². The molecule has 2 aromatic heterocycles. The van der Waals surface area contributed by atoms with Crippen molar-refractivity contribution >= 4 is 17.0 Å². The van der Waals surface area contributed by atoms with E-state index in [0.29, 0.717) is 11.2 Å². The highest BCUT2D eigenvalue weighted by atomic mass is 16.5. The van der Waals surface area contributed by atoms with Crippen molar-refractivity contribution < 1.29 is 14.9 Å². The van der Waals surface area contributed by atoms with E-state index < -0.39 is 31.1 Å². The van der Waals surface area contributed by atoms with Gasteiger partial charge in [0.1, 0.15) is 30.2 Å². The first-order chi connectivity index (χ1) is 10.2. The summed E-state index contributed by atoms with van der Waals surface area (Å²) in [6.07, 6.45) is -0.151. The summed E-state index contributed by atoms with van der Waals surface area (Å²) in [5, 5.41) is 22.8. The van der Waals surface area contributed by atoms with Gasteiger partial charge in [0, 0.05) is 4.91 Å². The van der Waals surface area contributed by atoms with E-state index in [9.17, 15) is 10.2 Å². The third kappa shape index (κ3) is 2.04. The fourth-order valence-corrected chi connectivity index (χ4v) is 2.35. The summed E-state index contributed by atoms with van der Waals surface area (Å²) in [4.78, 5) is 14.7. The Morgan fingerprint density at radius 2 is 2.29 bits per heavy atom. The van der Waals surface area contributed by atoms with Crippen molar-refractivity contribution in [2.45, 2.75) is 24.5 Å². The van der Waals surface area contributed by atoms with Crippen molar-refractivity contribution in [3.63, 3.8) is 0 Å². The molecule has 0 unspecified atom stereocenters. The molecule has 1 aliphatic heterocycles. The maximum absolute atomic E-state index is 10.0. The molecule has 0 saturated carbocycles. The number of aromatic nitrogens is 4. The third-order valence-corrected chi connectivity index (χ3v) is 3.36. The molecule has 21 heavy (non-hydrogen) atoms. The number of rotatable bonds is 3. The van der Waals surface area contributed by atoms with E-state index in [1.807, 2.05) is 0 Å². The Labute approximate surface area is 117 Å². The number of ether oxygens (including phenoxy) is 1. The summed E-state index contributed by atoms with van der Waals surface area (Å²) in [7, 11) is 0. The van der Waals surface area contributed by atoms with Gasteiger partial charge in [-0.1, -0.05) is 5.11 Å². The average molecular weight is 292 g/mol. The Morgan fingerprint density at radius 1 is 1.48 bits per heavy atom.